The van der Waals surface area contributed by atoms with Crippen LogP contribution in [0.2, 0.25) is 0 Å². The highest BCUT2D eigenvalue weighted by atomic mass is 15.0. The van der Waals surface area contributed by atoms with Gasteiger partial charge in [-0.15, -0.1) is 0 Å². The molecule has 4 nitrogen and oxygen atoms in total. The number of nitrogens with one attached hydrogen (secondary N) is 2. The third kappa shape index (κ3) is 2.26. The minimum atomic E-state index is 0.579. The third-order valence-corrected chi connectivity index (χ3v) is 2.18. The minimum Gasteiger partial charge on any atom is -0.348 e. The van der Waals surface area contributed by atoms with E-state index in [1.165, 1.54) is 0 Å². The summed E-state index contributed by atoms with van der Waals surface area (Å²) < 4.78 is 0. The second kappa shape index (κ2) is 4.29. The van der Waals surface area contributed by atoms with Gasteiger partial charge in [0.05, 0.1) is 0 Å². The van der Waals surface area contributed by atoms with Gasteiger partial charge in [0.2, 0.25) is 0 Å². The fourth-order valence-electron chi connectivity index (χ4n) is 1.57. The molecule has 0 aliphatic heterocycles. The van der Waals surface area contributed by atoms with E-state index >= 15 is 0 Å². The topological polar surface area (TPSA) is 57.4 Å². The van der Waals surface area contributed by atoms with Gasteiger partial charge < -0.3 is 9.97 Å². The molecule has 2 heterocycles. The van der Waals surface area contributed by atoms with Crippen molar-refractivity contribution in [1.82, 2.24) is 19.9 Å². The largest absolute Gasteiger partial charge is 0.348 e. The molecule has 2 aromatic rings. The molecule has 0 saturated heterocycles. The molecule has 2 rings (SSSR count). The summed E-state index contributed by atoms with van der Waals surface area (Å²) in [6.45, 7) is 4.37. The van der Waals surface area contributed by atoms with Gasteiger partial charge in [0.1, 0.15) is 17.6 Å². The molecular formula is C11H15N4. The zero-order valence-corrected chi connectivity index (χ0v) is 8.99. The smallest absolute Gasteiger partial charge is 0.121 e. The van der Waals surface area contributed by atoms with Crippen molar-refractivity contribution < 1.29 is 0 Å². The van der Waals surface area contributed by atoms with Gasteiger partial charge in [-0.05, 0) is 12.3 Å². The molecule has 1 radical (unpaired) electrons. The maximum Gasteiger partial charge on any atom is 0.121 e. The van der Waals surface area contributed by atoms with Crippen LogP contribution in [0.3, 0.4) is 0 Å². The predicted octanol–water partition coefficient (Wildman–Crippen LogP) is 2.15. The molecule has 0 atom stereocenters. The van der Waals surface area contributed by atoms with E-state index in [0.29, 0.717) is 5.92 Å². The molecule has 0 bridgehead atoms. The molecule has 79 valence electrons. The molecule has 0 saturated carbocycles. The van der Waals surface area contributed by atoms with Crippen molar-refractivity contribution in [2.75, 3.05) is 0 Å². The van der Waals surface area contributed by atoms with Crippen LogP contribution >= 0.6 is 0 Å². The molecule has 0 aromatic carbocycles. The first kappa shape index (κ1) is 9.96. The lowest BCUT2D eigenvalue weighted by molar-refractivity contribution is 0.603. The van der Waals surface area contributed by atoms with Crippen LogP contribution in [0.15, 0.2) is 24.8 Å². The number of rotatable bonds is 4. The third-order valence-electron chi connectivity index (χ3n) is 2.18. The van der Waals surface area contributed by atoms with E-state index in [1.807, 2.05) is 12.4 Å². The van der Waals surface area contributed by atoms with E-state index in [2.05, 4.69) is 33.8 Å². The van der Waals surface area contributed by atoms with Crippen LogP contribution < -0.4 is 0 Å². The first-order valence-electron chi connectivity index (χ1n) is 5.12. The van der Waals surface area contributed by atoms with Crippen molar-refractivity contribution in [3.05, 3.63) is 42.4 Å². The second-order valence-electron chi connectivity index (χ2n) is 3.95. The van der Waals surface area contributed by atoms with Gasteiger partial charge in [0, 0.05) is 24.8 Å². The average molecular weight is 203 g/mol. The Labute approximate surface area is 89.2 Å². The number of aromatic amines is 2. The fourth-order valence-corrected chi connectivity index (χ4v) is 1.57. The van der Waals surface area contributed by atoms with Crippen LogP contribution in [0.1, 0.15) is 31.9 Å². The second-order valence-corrected chi connectivity index (χ2v) is 3.95. The van der Waals surface area contributed by atoms with Crippen molar-refractivity contribution in [1.29, 1.82) is 0 Å². The monoisotopic (exact) mass is 203 g/mol. The Morgan fingerprint density at radius 1 is 1.13 bits per heavy atom. The molecule has 2 N–H and O–H groups in total. The summed E-state index contributed by atoms with van der Waals surface area (Å²) in [5, 5.41) is 0. The van der Waals surface area contributed by atoms with E-state index < -0.39 is 0 Å². The Kier molecular flexibility index (Phi) is 2.85. The molecule has 0 unspecified atom stereocenters. The Bertz CT molecular complexity index is 340. The number of hydrogen-bond donors (Lipinski definition) is 2. The summed E-state index contributed by atoms with van der Waals surface area (Å²) in [6.07, 6.45) is 8.15. The molecule has 0 aliphatic carbocycles. The van der Waals surface area contributed by atoms with Crippen molar-refractivity contribution in [3.8, 4) is 0 Å². The molecule has 0 spiro atoms. The fraction of sp³-hybridized carbons (Fsp3) is 0.364. The Morgan fingerprint density at radius 2 is 1.67 bits per heavy atom. The lowest BCUT2D eigenvalue weighted by Crippen LogP contribution is -2.09. The summed E-state index contributed by atoms with van der Waals surface area (Å²) >= 11 is 0. The van der Waals surface area contributed by atoms with Crippen LogP contribution in [-0.4, -0.2) is 19.9 Å². The molecule has 4 heteroatoms. The molecule has 2 aromatic heterocycles. The number of imidazole rings is 2. The maximum absolute atomic E-state index is 4.27. The van der Waals surface area contributed by atoms with Crippen molar-refractivity contribution >= 4 is 0 Å². The zero-order chi connectivity index (χ0) is 10.7. The van der Waals surface area contributed by atoms with E-state index in [9.17, 15) is 0 Å². The molecule has 0 fully saturated rings. The molecule has 0 aliphatic rings. The lowest BCUT2D eigenvalue weighted by Gasteiger charge is -2.13. The van der Waals surface area contributed by atoms with Crippen LogP contribution in [0.25, 0.3) is 0 Å². The SMILES string of the molecule is CC(C)C[C](c1ncc[nH]1)c1ncc[nH]1. The van der Waals surface area contributed by atoms with E-state index in [-0.39, 0.29) is 0 Å². The Morgan fingerprint density at radius 3 is 2.00 bits per heavy atom. The number of nitrogens with zero attached hydrogens (tertiary/aromatic N) is 2. The van der Waals surface area contributed by atoms with Gasteiger partial charge in [-0.25, -0.2) is 9.97 Å². The molecule has 15 heavy (non-hydrogen) atoms. The quantitative estimate of drug-likeness (QED) is 0.799. The van der Waals surface area contributed by atoms with E-state index in [4.69, 9.17) is 0 Å². The number of aromatic nitrogens is 4. The van der Waals surface area contributed by atoms with Gasteiger partial charge in [0.25, 0.3) is 0 Å². The van der Waals surface area contributed by atoms with Gasteiger partial charge in [-0.1, -0.05) is 13.8 Å². The van der Waals surface area contributed by atoms with Crippen molar-refractivity contribution in [3.63, 3.8) is 0 Å². The highest BCUT2D eigenvalue weighted by Crippen LogP contribution is 2.24. The van der Waals surface area contributed by atoms with Crippen LogP contribution in [0, 0.1) is 11.8 Å². The van der Waals surface area contributed by atoms with Gasteiger partial charge in [-0.3, -0.25) is 0 Å². The van der Waals surface area contributed by atoms with Crippen molar-refractivity contribution in [2.24, 2.45) is 5.92 Å². The summed E-state index contributed by atoms with van der Waals surface area (Å²) in [4.78, 5) is 14.8. The van der Waals surface area contributed by atoms with Crippen LogP contribution in [0.4, 0.5) is 0 Å². The first-order chi connectivity index (χ1) is 7.27. The minimum absolute atomic E-state index is 0.579. The van der Waals surface area contributed by atoms with Crippen LogP contribution in [0.5, 0.6) is 0 Å². The number of hydrogen-bond acceptors (Lipinski definition) is 2. The lowest BCUT2D eigenvalue weighted by atomic mass is 9.96. The predicted molar refractivity (Wildman–Crippen MR) is 58.1 cm³/mol. The van der Waals surface area contributed by atoms with Crippen molar-refractivity contribution in [2.45, 2.75) is 20.3 Å². The summed E-state index contributed by atoms with van der Waals surface area (Å²) in [6, 6.07) is 0. The van der Waals surface area contributed by atoms with E-state index in [0.717, 1.165) is 24.0 Å². The Hall–Kier alpha value is -1.58. The zero-order valence-electron chi connectivity index (χ0n) is 8.99. The highest BCUT2D eigenvalue weighted by Gasteiger charge is 2.20. The summed E-state index contributed by atoms with van der Waals surface area (Å²) in [5.74, 6) is 3.52. The van der Waals surface area contributed by atoms with Gasteiger partial charge in [-0.2, -0.15) is 0 Å². The normalized spacial score (nSPS) is 11.5. The standard InChI is InChI=1S/C11H15N4/c1-8(2)7-9(10-12-3-4-13-10)11-14-5-6-15-11/h3-6,8H,7H2,1-2H3,(H,12,13)(H,14,15). The number of H-pyrrole nitrogens is 2. The van der Waals surface area contributed by atoms with Crippen LogP contribution in [-0.2, 0) is 0 Å². The highest BCUT2D eigenvalue weighted by molar-refractivity contribution is 5.29. The average Bonchev–Trinajstić information content (AvgIpc) is 2.87. The van der Waals surface area contributed by atoms with Gasteiger partial charge >= 0.3 is 0 Å². The Balaban J connectivity index is 2.25. The molecule has 0 amide bonds. The van der Waals surface area contributed by atoms with E-state index in [1.54, 1.807) is 12.4 Å². The maximum atomic E-state index is 4.27. The first-order valence-corrected chi connectivity index (χ1v) is 5.12. The molecular weight excluding hydrogens is 188 g/mol. The summed E-state index contributed by atoms with van der Waals surface area (Å²) in [5.41, 5.74) is 0. The van der Waals surface area contributed by atoms with Gasteiger partial charge in [0.15, 0.2) is 0 Å². The summed E-state index contributed by atoms with van der Waals surface area (Å²) in [7, 11) is 0.